The molecule has 0 unspecified atom stereocenters. The SMILES string of the molecule is Cc1cccc(Cn2cc(NC(=S)NCCCN(C)C)cn2)c1. The molecule has 2 aromatic rings. The van der Waals surface area contributed by atoms with Crippen LogP contribution in [-0.2, 0) is 6.54 Å². The van der Waals surface area contributed by atoms with Crippen LogP contribution in [0.4, 0.5) is 5.69 Å². The molecule has 0 saturated heterocycles. The molecular weight excluding hydrogens is 306 g/mol. The Labute approximate surface area is 143 Å². The number of nitrogens with one attached hydrogen (secondary N) is 2. The van der Waals surface area contributed by atoms with Gasteiger partial charge < -0.3 is 15.5 Å². The fraction of sp³-hybridized carbons (Fsp3) is 0.412. The molecule has 0 saturated carbocycles. The predicted molar refractivity (Wildman–Crippen MR) is 99.9 cm³/mol. The summed E-state index contributed by atoms with van der Waals surface area (Å²) in [5.74, 6) is 0. The van der Waals surface area contributed by atoms with Crippen LogP contribution in [0.1, 0.15) is 17.5 Å². The minimum Gasteiger partial charge on any atom is -0.362 e. The minimum absolute atomic E-state index is 0.638. The maximum Gasteiger partial charge on any atom is 0.170 e. The predicted octanol–water partition coefficient (Wildman–Crippen LogP) is 2.48. The Morgan fingerprint density at radius 2 is 2.17 bits per heavy atom. The van der Waals surface area contributed by atoms with Crippen molar-refractivity contribution in [2.45, 2.75) is 19.9 Å². The quantitative estimate of drug-likeness (QED) is 0.603. The van der Waals surface area contributed by atoms with Gasteiger partial charge >= 0.3 is 0 Å². The lowest BCUT2D eigenvalue weighted by Crippen LogP contribution is -2.30. The van der Waals surface area contributed by atoms with Gasteiger partial charge in [0.2, 0.25) is 0 Å². The molecule has 0 aliphatic rings. The summed E-state index contributed by atoms with van der Waals surface area (Å²) in [6, 6.07) is 8.45. The van der Waals surface area contributed by atoms with Crippen LogP contribution in [-0.4, -0.2) is 47.0 Å². The van der Waals surface area contributed by atoms with Crippen molar-refractivity contribution in [3.8, 4) is 0 Å². The van der Waals surface area contributed by atoms with Crippen molar-refractivity contribution in [2.24, 2.45) is 0 Å². The number of aryl methyl sites for hydroxylation is 1. The smallest absolute Gasteiger partial charge is 0.170 e. The first-order chi connectivity index (χ1) is 11.0. The van der Waals surface area contributed by atoms with E-state index in [0.717, 1.165) is 31.7 Å². The van der Waals surface area contributed by atoms with E-state index in [0.29, 0.717) is 5.11 Å². The number of benzene rings is 1. The zero-order chi connectivity index (χ0) is 16.7. The zero-order valence-electron chi connectivity index (χ0n) is 14.0. The molecule has 6 heteroatoms. The molecule has 0 bridgehead atoms. The van der Waals surface area contributed by atoms with E-state index in [1.54, 1.807) is 6.20 Å². The van der Waals surface area contributed by atoms with Gasteiger partial charge in [-0.1, -0.05) is 29.8 Å². The van der Waals surface area contributed by atoms with E-state index in [-0.39, 0.29) is 0 Å². The second-order valence-electron chi connectivity index (χ2n) is 5.95. The lowest BCUT2D eigenvalue weighted by molar-refractivity contribution is 0.400. The van der Waals surface area contributed by atoms with Gasteiger partial charge in [-0.25, -0.2) is 0 Å². The molecule has 0 aliphatic heterocycles. The highest BCUT2D eigenvalue weighted by Crippen LogP contribution is 2.09. The molecule has 23 heavy (non-hydrogen) atoms. The molecule has 0 amide bonds. The van der Waals surface area contributed by atoms with Crippen molar-refractivity contribution >= 4 is 23.0 Å². The zero-order valence-corrected chi connectivity index (χ0v) is 14.9. The number of rotatable bonds is 7. The number of nitrogens with zero attached hydrogens (tertiary/aromatic N) is 3. The number of thiocarbonyl (C=S) groups is 1. The van der Waals surface area contributed by atoms with Gasteiger partial charge in [-0.15, -0.1) is 0 Å². The molecule has 0 spiro atoms. The van der Waals surface area contributed by atoms with Gasteiger partial charge in [0.25, 0.3) is 0 Å². The van der Waals surface area contributed by atoms with Gasteiger partial charge in [-0.3, -0.25) is 4.68 Å². The molecule has 2 N–H and O–H groups in total. The highest BCUT2D eigenvalue weighted by atomic mass is 32.1. The highest BCUT2D eigenvalue weighted by Gasteiger charge is 2.02. The second-order valence-corrected chi connectivity index (χ2v) is 6.36. The Hall–Kier alpha value is -1.92. The molecule has 0 aliphatic carbocycles. The van der Waals surface area contributed by atoms with Crippen molar-refractivity contribution in [2.75, 3.05) is 32.5 Å². The molecule has 1 aromatic carbocycles. The van der Waals surface area contributed by atoms with Crippen LogP contribution in [0.25, 0.3) is 0 Å². The molecular formula is C17H25N5S. The second kappa shape index (κ2) is 8.64. The van der Waals surface area contributed by atoms with E-state index in [9.17, 15) is 0 Å². The van der Waals surface area contributed by atoms with E-state index >= 15 is 0 Å². The van der Waals surface area contributed by atoms with Crippen molar-refractivity contribution in [1.29, 1.82) is 0 Å². The molecule has 1 aromatic heterocycles. The third kappa shape index (κ3) is 6.38. The minimum atomic E-state index is 0.638. The molecule has 124 valence electrons. The van der Waals surface area contributed by atoms with Crippen molar-refractivity contribution in [1.82, 2.24) is 20.0 Å². The largest absolute Gasteiger partial charge is 0.362 e. The summed E-state index contributed by atoms with van der Waals surface area (Å²) in [7, 11) is 4.14. The number of hydrogen-bond acceptors (Lipinski definition) is 3. The van der Waals surface area contributed by atoms with E-state index in [1.807, 2.05) is 10.9 Å². The van der Waals surface area contributed by atoms with Gasteiger partial charge in [0.1, 0.15) is 0 Å². The van der Waals surface area contributed by atoms with Gasteiger partial charge in [0, 0.05) is 12.7 Å². The average molecular weight is 331 g/mol. The fourth-order valence-electron chi connectivity index (χ4n) is 2.28. The summed E-state index contributed by atoms with van der Waals surface area (Å²) in [6.45, 7) is 4.76. The first-order valence-electron chi connectivity index (χ1n) is 7.80. The van der Waals surface area contributed by atoms with Gasteiger partial charge in [-0.2, -0.15) is 5.10 Å². The van der Waals surface area contributed by atoms with E-state index < -0.39 is 0 Å². The van der Waals surface area contributed by atoms with Crippen LogP contribution >= 0.6 is 12.2 Å². The lowest BCUT2D eigenvalue weighted by atomic mass is 10.1. The Balaban J connectivity index is 1.79. The first kappa shape index (κ1) is 17.4. The Kier molecular flexibility index (Phi) is 6.55. The first-order valence-corrected chi connectivity index (χ1v) is 8.21. The Bertz CT molecular complexity index is 635. The highest BCUT2D eigenvalue weighted by molar-refractivity contribution is 7.80. The van der Waals surface area contributed by atoms with Crippen LogP contribution < -0.4 is 10.6 Å². The van der Waals surface area contributed by atoms with E-state index in [1.165, 1.54) is 11.1 Å². The van der Waals surface area contributed by atoms with E-state index in [2.05, 4.69) is 65.9 Å². The van der Waals surface area contributed by atoms with Crippen molar-refractivity contribution in [3.63, 3.8) is 0 Å². The normalized spacial score (nSPS) is 10.8. The van der Waals surface area contributed by atoms with Gasteiger partial charge in [0.05, 0.1) is 18.4 Å². The van der Waals surface area contributed by atoms with Gasteiger partial charge in [0.15, 0.2) is 5.11 Å². The van der Waals surface area contributed by atoms with Crippen LogP contribution in [0, 0.1) is 6.92 Å². The number of anilines is 1. The maximum absolute atomic E-state index is 5.30. The summed E-state index contributed by atoms with van der Waals surface area (Å²) in [4.78, 5) is 2.16. The summed E-state index contributed by atoms with van der Waals surface area (Å²) in [5.41, 5.74) is 3.41. The molecule has 5 nitrogen and oxygen atoms in total. The van der Waals surface area contributed by atoms with Crippen LogP contribution in [0.2, 0.25) is 0 Å². The van der Waals surface area contributed by atoms with Crippen LogP contribution in [0.3, 0.4) is 0 Å². The number of hydrogen-bond donors (Lipinski definition) is 2. The third-order valence-corrected chi connectivity index (χ3v) is 3.63. The standard InChI is InChI=1S/C17H25N5S/c1-14-6-4-7-15(10-14)12-22-13-16(11-19-22)20-17(23)18-8-5-9-21(2)3/h4,6-7,10-11,13H,5,8-9,12H2,1-3H3,(H2,18,20,23). The van der Waals surface area contributed by atoms with Gasteiger partial charge in [-0.05, 0) is 51.8 Å². The lowest BCUT2D eigenvalue weighted by Gasteiger charge is -2.11. The Morgan fingerprint density at radius 3 is 2.91 bits per heavy atom. The summed E-state index contributed by atoms with van der Waals surface area (Å²) in [6.07, 6.45) is 4.82. The third-order valence-electron chi connectivity index (χ3n) is 3.39. The maximum atomic E-state index is 5.30. The van der Waals surface area contributed by atoms with E-state index in [4.69, 9.17) is 12.2 Å². The molecule has 2 rings (SSSR count). The van der Waals surface area contributed by atoms with Crippen LogP contribution in [0.5, 0.6) is 0 Å². The molecule has 0 radical (unpaired) electrons. The van der Waals surface area contributed by atoms with Crippen LogP contribution in [0.15, 0.2) is 36.7 Å². The van der Waals surface area contributed by atoms with Crippen molar-refractivity contribution < 1.29 is 0 Å². The number of aromatic nitrogens is 2. The monoisotopic (exact) mass is 331 g/mol. The van der Waals surface area contributed by atoms with Crippen molar-refractivity contribution in [3.05, 3.63) is 47.8 Å². The Morgan fingerprint density at radius 1 is 1.35 bits per heavy atom. The molecule has 0 atom stereocenters. The average Bonchev–Trinajstić information content (AvgIpc) is 2.90. The summed E-state index contributed by atoms with van der Waals surface area (Å²) in [5, 5.41) is 11.4. The topological polar surface area (TPSA) is 45.1 Å². The summed E-state index contributed by atoms with van der Waals surface area (Å²) < 4.78 is 1.91. The summed E-state index contributed by atoms with van der Waals surface area (Å²) >= 11 is 5.30. The molecule has 0 fully saturated rings. The molecule has 1 heterocycles. The fourth-order valence-corrected chi connectivity index (χ4v) is 2.50.